The van der Waals surface area contributed by atoms with Crippen molar-refractivity contribution in [2.75, 3.05) is 26.7 Å². The van der Waals surface area contributed by atoms with E-state index in [9.17, 15) is 0 Å². The zero-order valence-electron chi connectivity index (χ0n) is 16.4. The predicted molar refractivity (Wildman–Crippen MR) is 125 cm³/mol. The molecule has 0 aliphatic carbocycles. The van der Waals surface area contributed by atoms with E-state index < -0.39 is 0 Å². The van der Waals surface area contributed by atoms with Gasteiger partial charge in [0.15, 0.2) is 5.96 Å². The molecule has 0 bridgehead atoms. The Morgan fingerprint density at radius 1 is 1.22 bits per heavy atom. The quantitative estimate of drug-likeness (QED) is 0.277. The fraction of sp³-hybridized carbons (Fsp3) is 0.500. The maximum absolute atomic E-state index is 4.56. The van der Waals surface area contributed by atoms with E-state index in [0.29, 0.717) is 0 Å². The van der Waals surface area contributed by atoms with Crippen LogP contribution in [0.5, 0.6) is 0 Å². The second-order valence-electron chi connectivity index (χ2n) is 6.75. The molecule has 0 fully saturated rings. The van der Waals surface area contributed by atoms with Gasteiger partial charge in [0.25, 0.3) is 0 Å². The van der Waals surface area contributed by atoms with Crippen molar-refractivity contribution >= 4 is 41.3 Å². The number of rotatable bonds is 6. The van der Waals surface area contributed by atoms with Crippen molar-refractivity contribution in [1.82, 2.24) is 20.5 Å². The summed E-state index contributed by atoms with van der Waals surface area (Å²) in [5, 5.41) is 7.87. The first-order chi connectivity index (χ1) is 12.7. The SMILES string of the molecule is CN=C(NCCCN1CCc2ccccc2C1)NCc1nc(C)c(C)s1.I. The van der Waals surface area contributed by atoms with Crippen molar-refractivity contribution < 1.29 is 0 Å². The van der Waals surface area contributed by atoms with Crippen molar-refractivity contribution in [2.45, 2.75) is 39.8 Å². The lowest BCUT2D eigenvalue weighted by Gasteiger charge is -2.28. The molecular formula is C20H30IN5S. The minimum atomic E-state index is 0. The number of benzene rings is 1. The van der Waals surface area contributed by atoms with Crippen LogP contribution in [0.3, 0.4) is 0 Å². The first-order valence-corrected chi connectivity index (χ1v) is 10.1. The third-order valence-electron chi connectivity index (χ3n) is 4.86. The van der Waals surface area contributed by atoms with Crippen molar-refractivity contribution in [1.29, 1.82) is 0 Å². The van der Waals surface area contributed by atoms with Crippen LogP contribution in [0, 0.1) is 13.8 Å². The molecule has 7 heteroatoms. The predicted octanol–water partition coefficient (Wildman–Crippen LogP) is 3.49. The fourth-order valence-corrected chi connectivity index (χ4v) is 4.12. The molecule has 1 aliphatic heterocycles. The molecule has 5 nitrogen and oxygen atoms in total. The van der Waals surface area contributed by atoms with Crippen molar-refractivity contribution in [3.05, 3.63) is 51.0 Å². The number of aryl methyl sites for hydroxylation is 2. The molecule has 0 saturated carbocycles. The van der Waals surface area contributed by atoms with E-state index in [2.05, 4.69) is 63.6 Å². The highest BCUT2D eigenvalue weighted by atomic mass is 127. The highest BCUT2D eigenvalue weighted by molar-refractivity contribution is 14.0. The molecule has 1 aromatic heterocycles. The molecule has 0 amide bonds. The topological polar surface area (TPSA) is 52.6 Å². The van der Waals surface area contributed by atoms with Crippen molar-refractivity contribution in [2.24, 2.45) is 4.99 Å². The summed E-state index contributed by atoms with van der Waals surface area (Å²) in [6.45, 7) is 9.17. The van der Waals surface area contributed by atoms with Crippen LogP contribution < -0.4 is 10.6 Å². The summed E-state index contributed by atoms with van der Waals surface area (Å²) in [4.78, 5) is 12.7. The van der Waals surface area contributed by atoms with Gasteiger partial charge in [-0.2, -0.15) is 0 Å². The van der Waals surface area contributed by atoms with Gasteiger partial charge in [0.1, 0.15) is 5.01 Å². The lowest BCUT2D eigenvalue weighted by molar-refractivity contribution is 0.251. The minimum Gasteiger partial charge on any atom is -0.356 e. The standard InChI is InChI=1S/C20H29N5S.HI/c1-15-16(2)26-19(24-15)13-23-20(21-3)22-10-6-11-25-12-9-17-7-4-5-8-18(17)14-25;/h4-5,7-8H,6,9-14H2,1-3H3,(H2,21,22,23);1H. The van der Waals surface area contributed by atoms with Crippen LogP contribution in [0.2, 0.25) is 0 Å². The Labute approximate surface area is 183 Å². The maximum Gasteiger partial charge on any atom is 0.191 e. The number of aliphatic imine (C=N–C) groups is 1. The van der Waals surface area contributed by atoms with Crippen LogP contribution in [0.25, 0.3) is 0 Å². The molecule has 1 aromatic carbocycles. The van der Waals surface area contributed by atoms with Crippen LogP contribution in [0.15, 0.2) is 29.3 Å². The summed E-state index contributed by atoms with van der Waals surface area (Å²) >= 11 is 1.75. The van der Waals surface area contributed by atoms with Gasteiger partial charge >= 0.3 is 0 Å². The zero-order chi connectivity index (χ0) is 18.4. The van der Waals surface area contributed by atoms with Gasteiger partial charge in [-0.05, 0) is 37.8 Å². The minimum absolute atomic E-state index is 0. The second-order valence-corrected chi connectivity index (χ2v) is 8.04. The molecule has 0 atom stereocenters. The number of fused-ring (bicyclic) bond motifs is 1. The monoisotopic (exact) mass is 499 g/mol. The van der Waals surface area contributed by atoms with Crippen LogP contribution in [-0.2, 0) is 19.5 Å². The first-order valence-electron chi connectivity index (χ1n) is 9.32. The Morgan fingerprint density at radius 2 is 2.00 bits per heavy atom. The summed E-state index contributed by atoms with van der Waals surface area (Å²) < 4.78 is 0. The molecule has 148 valence electrons. The van der Waals surface area contributed by atoms with Crippen LogP contribution in [0.4, 0.5) is 0 Å². The van der Waals surface area contributed by atoms with E-state index in [0.717, 1.165) is 55.8 Å². The lowest BCUT2D eigenvalue weighted by Crippen LogP contribution is -2.39. The molecule has 0 radical (unpaired) electrons. The number of halogens is 1. The number of nitrogens with one attached hydrogen (secondary N) is 2. The summed E-state index contributed by atoms with van der Waals surface area (Å²) in [5.41, 5.74) is 4.12. The fourth-order valence-electron chi connectivity index (χ4n) is 3.25. The molecule has 3 rings (SSSR count). The average molecular weight is 499 g/mol. The first kappa shape index (κ1) is 22.1. The molecule has 0 unspecified atom stereocenters. The zero-order valence-corrected chi connectivity index (χ0v) is 19.6. The molecule has 0 spiro atoms. The average Bonchev–Trinajstić information content (AvgIpc) is 2.98. The number of hydrogen-bond donors (Lipinski definition) is 2. The number of guanidine groups is 1. The van der Waals surface area contributed by atoms with Crippen molar-refractivity contribution in [3.8, 4) is 0 Å². The Morgan fingerprint density at radius 3 is 2.70 bits per heavy atom. The Bertz CT molecular complexity index is 739. The third kappa shape index (κ3) is 6.43. The summed E-state index contributed by atoms with van der Waals surface area (Å²) in [5.74, 6) is 0.847. The van der Waals surface area contributed by atoms with E-state index >= 15 is 0 Å². The van der Waals surface area contributed by atoms with Gasteiger partial charge in [0.2, 0.25) is 0 Å². The number of hydrogen-bond acceptors (Lipinski definition) is 4. The number of aromatic nitrogens is 1. The summed E-state index contributed by atoms with van der Waals surface area (Å²) in [6, 6.07) is 8.80. The molecule has 27 heavy (non-hydrogen) atoms. The van der Waals surface area contributed by atoms with E-state index in [1.807, 2.05) is 7.05 Å². The molecule has 2 aromatic rings. The van der Waals surface area contributed by atoms with Crippen LogP contribution >= 0.6 is 35.3 Å². The second kappa shape index (κ2) is 11.0. The van der Waals surface area contributed by atoms with Gasteiger partial charge in [0.05, 0.1) is 12.2 Å². The Kier molecular flexibility index (Phi) is 8.98. The Balaban J connectivity index is 0.00000261. The summed E-state index contributed by atoms with van der Waals surface area (Å²) in [7, 11) is 1.81. The Hall–Kier alpha value is -1.19. The van der Waals surface area contributed by atoms with Gasteiger partial charge in [-0.3, -0.25) is 9.89 Å². The van der Waals surface area contributed by atoms with E-state index in [-0.39, 0.29) is 24.0 Å². The normalized spacial score (nSPS) is 14.4. The molecule has 2 N–H and O–H groups in total. The van der Waals surface area contributed by atoms with Crippen LogP contribution in [0.1, 0.15) is 33.1 Å². The highest BCUT2D eigenvalue weighted by Crippen LogP contribution is 2.18. The summed E-state index contributed by atoms with van der Waals surface area (Å²) in [6.07, 6.45) is 2.28. The van der Waals surface area contributed by atoms with Gasteiger partial charge in [-0.1, -0.05) is 24.3 Å². The van der Waals surface area contributed by atoms with Gasteiger partial charge in [-0.15, -0.1) is 35.3 Å². The van der Waals surface area contributed by atoms with Gasteiger partial charge < -0.3 is 10.6 Å². The van der Waals surface area contributed by atoms with Crippen molar-refractivity contribution in [3.63, 3.8) is 0 Å². The largest absolute Gasteiger partial charge is 0.356 e. The molecular weight excluding hydrogens is 469 g/mol. The third-order valence-corrected chi connectivity index (χ3v) is 5.93. The molecule has 1 aliphatic rings. The number of thiazole rings is 1. The van der Waals surface area contributed by atoms with E-state index in [4.69, 9.17) is 0 Å². The molecule has 0 saturated heterocycles. The van der Waals surface area contributed by atoms with Gasteiger partial charge in [0, 0.05) is 38.1 Å². The van der Waals surface area contributed by atoms with E-state index in [1.54, 1.807) is 11.3 Å². The highest BCUT2D eigenvalue weighted by Gasteiger charge is 2.14. The van der Waals surface area contributed by atoms with Gasteiger partial charge in [-0.25, -0.2) is 4.98 Å². The number of nitrogens with zero attached hydrogens (tertiary/aromatic N) is 3. The van der Waals surface area contributed by atoms with Crippen LogP contribution in [-0.4, -0.2) is 42.5 Å². The lowest BCUT2D eigenvalue weighted by atomic mass is 10.00. The molecule has 2 heterocycles. The maximum atomic E-state index is 4.56. The smallest absolute Gasteiger partial charge is 0.191 e. The van der Waals surface area contributed by atoms with E-state index in [1.165, 1.54) is 22.4 Å².